The molecule has 0 saturated heterocycles. The van der Waals surface area contributed by atoms with Gasteiger partial charge in [-0.15, -0.1) is 0 Å². The first-order valence-corrected chi connectivity index (χ1v) is 17.4. The molecular formula is C37H56N4O6. The number of hydrogen-bond donors (Lipinski definition) is 3. The molecule has 3 N–H and O–H groups in total. The van der Waals surface area contributed by atoms with E-state index in [4.69, 9.17) is 14.2 Å². The van der Waals surface area contributed by atoms with Crippen molar-refractivity contribution in [1.82, 2.24) is 15.1 Å². The molecule has 260 valence electrons. The van der Waals surface area contributed by atoms with Gasteiger partial charge in [0.05, 0.1) is 37.5 Å². The van der Waals surface area contributed by atoms with Crippen molar-refractivity contribution >= 4 is 17.6 Å². The molecule has 10 heteroatoms. The molecule has 4 rings (SSSR count). The first kappa shape index (κ1) is 36.5. The van der Waals surface area contributed by atoms with Gasteiger partial charge in [0.2, 0.25) is 0 Å². The predicted molar refractivity (Wildman–Crippen MR) is 185 cm³/mol. The summed E-state index contributed by atoms with van der Waals surface area (Å²) < 4.78 is 18.2. The number of anilines is 1. The number of urea groups is 1. The van der Waals surface area contributed by atoms with Crippen molar-refractivity contribution < 1.29 is 28.9 Å². The van der Waals surface area contributed by atoms with Crippen LogP contribution >= 0.6 is 0 Å². The van der Waals surface area contributed by atoms with Crippen LogP contribution in [0.4, 0.5) is 10.5 Å². The average molecular weight is 653 g/mol. The number of likely N-dealkylation sites (N-methyl/N-ethyl adjacent to an activating group) is 1. The maximum atomic E-state index is 14.4. The summed E-state index contributed by atoms with van der Waals surface area (Å²) in [7, 11) is 3.75. The first-order chi connectivity index (χ1) is 22.7. The van der Waals surface area contributed by atoms with Gasteiger partial charge in [-0.1, -0.05) is 38.3 Å². The van der Waals surface area contributed by atoms with E-state index in [1.165, 1.54) is 12.0 Å². The van der Waals surface area contributed by atoms with Gasteiger partial charge in [0.15, 0.2) is 0 Å². The Morgan fingerprint density at radius 2 is 1.79 bits per heavy atom. The van der Waals surface area contributed by atoms with E-state index < -0.39 is 6.04 Å². The van der Waals surface area contributed by atoms with Crippen LogP contribution in [0.2, 0.25) is 0 Å². The smallest absolute Gasteiger partial charge is 0.319 e. The summed E-state index contributed by atoms with van der Waals surface area (Å²) in [4.78, 5) is 31.2. The Bertz CT molecular complexity index is 1270. The van der Waals surface area contributed by atoms with Gasteiger partial charge in [-0.05, 0) is 88.9 Å². The summed E-state index contributed by atoms with van der Waals surface area (Å²) in [5.74, 6) is 1.03. The van der Waals surface area contributed by atoms with Crippen molar-refractivity contribution in [2.75, 3.05) is 45.8 Å². The quantitative estimate of drug-likeness (QED) is 0.301. The van der Waals surface area contributed by atoms with Crippen molar-refractivity contribution in [3.63, 3.8) is 0 Å². The van der Waals surface area contributed by atoms with Gasteiger partial charge in [-0.25, -0.2) is 4.79 Å². The highest BCUT2D eigenvalue weighted by atomic mass is 16.5. The molecule has 2 aliphatic rings. The molecule has 0 bridgehead atoms. The molecule has 3 amide bonds. The number of carbonyl (C=O) groups excluding carboxylic acids is 2. The molecule has 0 radical (unpaired) electrons. The summed E-state index contributed by atoms with van der Waals surface area (Å²) in [6.07, 6.45) is 7.81. The lowest BCUT2D eigenvalue weighted by molar-refractivity contribution is -0.0177. The average Bonchev–Trinajstić information content (AvgIpc) is 3.06. The number of aliphatic hydroxyl groups is 1. The van der Waals surface area contributed by atoms with Crippen LogP contribution in [0, 0.1) is 5.92 Å². The molecule has 1 saturated carbocycles. The molecular weight excluding hydrogens is 596 g/mol. The topological polar surface area (TPSA) is 113 Å². The van der Waals surface area contributed by atoms with Crippen LogP contribution in [-0.4, -0.2) is 91.6 Å². The van der Waals surface area contributed by atoms with Crippen LogP contribution in [-0.2, 0) is 11.3 Å². The summed E-state index contributed by atoms with van der Waals surface area (Å²) in [6, 6.07) is 12.8. The van der Waals surface area contributed by atoms with E-state index >= 15 is 0 Å². The molecule has 0 unspecified atom stereocenters. The predicted octanol–water partition coefficient (Wildman–Crippen LogP) is 6.08. The zero-order valence-electron chi connectivity index (χ0n) is 29.0. The Morgan fingerprint density at radius 1 is 1.06 bits per heavy atom. The number of nitrogens with zero attached hydrogens (tertiary/aromatic N) is 2. The number of aliphatic hydroxyl groups excluding tert-OH is 1. The van der Waals surface area contributed by atoms with Crippen LogP contribution in [0.3, 0.4) is 0 Å². The number of carbonyl (C=O) groups is 2. The first-order valence-electron chi connectivity index (χ1n) is 17.4. The van der Waals surface area contributed by atoms with Crippen molar-refractivity contribution in [2.45, 2.75) is 103 Å². The van der Waals surface area contributed by atoms with E-state index in [0.717, 1.165) is 57.2 Å². The highest BCUT2D eigenvalue weighted by molar-refractivity contribution is 5.99. The van der Waals surface area contributed by atoms with Gasteiger partial charge in [-0.2, -0.15) is 0 Å². The molecule has 1 aliphatic heterocycles. The van der Waals surface area contributed by atoms with Crippen molar-refractivity contribution in [1.29, 1.82) is 0 Å². The maximum absolute atomic E-state index is 14.4. The van der Waals surface area contributed by atoms with E-state index in [-0.39, 0.29) is 42.7 Å². The monoisotopic (exact) mass is 652 g/mol. The highest BCUT2D eigenvalue weighted by Crippen LogP contribution is 2.29. The van der Waals surface area contributed by atoms with Gasteiger partial charge in [0.25, 0.3) is 5.91 Å². The second kappa shape index (κ2) is 18.3. The third kappa shape index (κ3) is 11.1. The summed E-state index contributed by atoms with van der Waals surface area (Å²) in [5.41, 5.74) is 2.06. The maximum Gasteiger partial charge on any atom is 0.319 e. The second-order valence-electron chi connectivity index (χ2n) is 13.5. The lowest BCUT2D eigenvalue weighted by atomic mass is 9.96. The lowest BCUT2D eigenvalue weighted by Gasteiger charge is -2.36. The molecule has 2 aromatic carbocycles. The normalized spacial score (nSPS) is 22.5. The number of hydrogen-bond acceptors (Lipinski definition) is 7. The summed E-state index contributed by atoms with van der Waals surface area (Å²) in [6.45, 7) is 8.22. The van der Waals surface area contributed by atoms with Gasteiger partial charge in [-0.3, -0.25) is 9.69 Å². The van der Waals surface area contributed by atoms with E-state index in [2.05, 4.69) is 41.6 Å². The van der Waals surface area contributed by atoms with Crippen LogP contribution in [0.5, 0.6) is 11.5 Å². The van der Waals surface area contributed by atoms with E-state index in [0.29, 0.717) is 36.7 Å². The standard InChI is InChI=1S/C37H56N4O6/c1-26-22-41(27(2)25-42)36(43)33-21-31(39-37(44)38-30-12-7-6-8-13-30)16-19-34(33)47-28(3)11-9-10-20-46-35(26)24-40(4)23-29-14-17-32(45-5)18-15-29/h14-19,21,26-28,30,35,42H,6-13,20,22-25H2,1-5H3,(H2,38,39,44)/t26-,27-,28+,35+/m0/s1. The number of benzene rings is 2. The SMILES string of the molecule is COc1ccc(CN(C)C[C@H]2OCCCC[C@@H](C)Oc3ccc(NC(=O)NC4CCCCC4)cc3C(=O)N([C@@H](C)CO)C[C@@H]2C)cc1. The minimum absolute atomic E-state index is 0.0277. The molecule has 1 fully saturated rings. The van der Waals surface area contributed by atoms with Crippen molar-refractivity contribution in [3.8, 4) is 11.5 Å². The Labute approximate surface area is 281 Å². The minimum Gasteiger partial charge on any atom is -0.497 e. The largest absolute Gasteiger partial charge is 0.497 e. The minimum atomic E-state index is -0.438. The second-order valence-corrected chi connectivity index (χ2v) is 13.5. The number of amides is 3. The van der Waals surface area contributed by atoms with Crippen LogP contribution < -0.4 is 20.1 Å². The number of methoxy groups -OCH3 is 1. The molecule has 1 aliphatic carbocycles. The molecule has 0 spiro atoms. The van der Waals surface area contributed by atoms with Gasteiger partial charge in [0, 0.05) is 43.9 Å². The van der Waals surface area contributed by atoms with Gasteiger partial charge >= 0.3 is 6.03 Å². The molecule has 10 nitrogen and oxygen atoms in total. The number of fused-ring (bicyclic) bond motifs is 1. The Morgan fingerprint density at radius 3 is 2.49 bits per heavy atom. The highest BCUT2D eigenvalue weighted by Gasteiger charge is 2.30. The third-order valence-corrected chi connectivity index (χ3v) is 9.35. The van der Waals surface area contributed by atoms with Crippen LogP contribution in [0.25, 0.3) is 0 Å². The number of ether oxygens (including phenoxy) is 3. The zero-order valence-corrected chi connectivity index (χ0v) is 29.0. The summed E-state index contributed by atoms with van der Waals surface area (Å²) in [5, 5.41) is 16.3. The fourth-order valence-electron chi connectivity index (χ4n) is 6.48. The fourth-order valence-corrected chi connectivity index (χ4v) is 6.48. The Balaban J connectivity index is 1.55. The fraction of sp³-hybridized carbons (Fsp3) is 0.622. The van der Waals surface area contributed by atoms with Crippen molar-refractivity contribution in [2.24, 2.45) is 5.92 Å². The lowest BCUT2D eigenvalue weighted by Crippen LogP contribution is -2.47. The van der Waals surface area contributed by atoms with Gasteiger partial charge < -0.3 is 34.9 Å². The molecule has 47 heavy (non-hydrogen) atoms. The zero-order chi connectivity index (χ0) is 33.8. The molecule has 4 atom stereocenters. The van der Waals surface area contributed by atoms with E-state index in [1.807, 2.05) is 26.0 Å². The molecule has 0 aromatic heterocycles. The van der Waals surface area contributed by atoms with Crippen LogP contribution in [0.1, 0.15) is 88.1 Å². The molecule has 1 heterocycles. The van der Waals surface area contributed by atoms with E-state index in [1.54, 1.807) is 30.2 Å². The molecule has 2 aromatic rings. The van der Waals surface area contributed by atoms with Crippen LogP contribution in [0.15, 0.2) is 42.5 Å². The summed E-state index contributed by atoms with van der Waals surface area (Å²) >= 11 is 0. The number of nitrogens with one attached hydrogen (secondary N) is 2. The number of rotatable bonds is 9. The van der Waals surface area contributed by atoms with Gasteiger partial charge in [0.1, 0.15) is 11.5 Å². The Kier molecular flexibility index (Phi) is 14.2. The Hall–Kier alpha value is -3.34. The van der Waals surface area contributed by atoms with Crippen molar-refractivity contribution in [3.05, 3.63) is 53.6 Å². The van der Waals surface area contributed by atoms with E-state index in [9.17, 15) is 14.7 Å². The third-order valence-electron chi connectivity index (χ3n) is 9.35.